The lowest BCUT2D eigenvalue weighted by molar-refractivity contribution is -0.135. The van der Waals surface area contributed by atoms with Gasteiger partial charge in [-0.1, -0.05) is 64.5 Å². The molecule has 0 saturated heterocycles. The van der Waals surface area contributed by atoms with E-state index < -0.39 is 22.0 Å². The largest absolute Gasteiger partial charge is 0.497 e. The molecule has 0 atom stereocenters. The van der Waals surface area contributed by atoms with Gasteiger partial charge in [0, 0.05) is 51.6 Å². The van der Waals surface area contributed by atoms with Gasteiger partial charge in [0.1, 0.15) is 12.4 Å². The Morgan fingerprint density at radius 1 is 0.881 bits per heavy atom. The Morgan fingerprint density at radius 3 is 1.87 bits per heavy atom. The Bertz CT molecular complexity index is 2620. The van der Waals surface area contributed by atoms with E-state index in [9.17, 15) is 27.6 Å². The molecule has 0 radical (unpaired) electrons. The third-order valence-electron chi connectivity index (χ3n) is 9.43. The molecule has 6 rings (SSSR count). The first-order chi connectivity index (χ1) is 31.4. The van der Waals surface area contributed by atoms with E-state index in [0.29, 0.717) is 29.0 Å². The third-order valence-corrected chi connectivity index (χ3v) is 12.1. The first-order valence-electron chi connectivity index (χ1n) is 19.8. The number of ether oxygens (including phenoxy) is 2. The second-order valence-electron chi connectivity index (χ2n) is 14.3. The molecule has 0 aliphatic carbocycles. The number of hydrogen-bond donors (Lipinski definition) is 4. The van der Waals surface area contributed by atoms with E-state index >= 15 is 0 Å². The van der Waals surface area contributed by atoms with E-state index in [1.807, 2.05) is 42.1 Å². The number of aromatic nitrogens is 4. The van der Waals surface area contributed by atoms with Gasteiger partial charge in [-0.25, -0.2) is 28.0 Å². The van der Waals surface area contributed by atoms with Gasteiger partial charge in [0.05, 0.1) is 65.3 Å². The molecule has 0 fully saturated rings. The number of aromatic carboxylic acids is 2. The van der Waals surface area contributed by atoms with Crippen LogP contribution in [0.2, 0.25) is 0 Å². The van der Waals surface area contributed by atoms with Crippen LogP contribution < -0.4 is 10.5 Å². The van der Waals surface area contributed by atoms with Crippen LogP contribution in [0.4, 0.5) is 0 Å². The van der Waals surface area contributed by atoms with E-state index in [4.69, 9.17) is 24.5 Å². The maximum Gasteiger partial charge on any atom is 0.335 e. The number of sulfonamides is 1. The standard InChI is InChI=1S/C26H34N4O5S.C10H8N2O2.C9H7BrO3.CH3NO.ClH/c1-19-13-23(34-6)14-20(2)26(19)36(32,33)30(5)11-12-35-17-25(31)29(4)15-21-7-9-22(10-8-21)24-16-28(3)18-27-24;13-10(14)8-3-1-7(2-4-8)9-5-11-6-12-9;10-5-8(11)6-1-3-7(4-2-6)9(12)13;2-1-3;/h7-10,13-14,16,18H,11-12,15,17H2,1-6H3;1-6H,(H,11,12)(H,13,14);1-4H,5H2,(H,12,13);1H,(H2,2,3);1H. The predicted molar refractivity (Wildman–Crippen MR) is 258 cm³/mol. The van der Waals surface area contributed by atoms with Gasteiger partial charge < -0.3 is 39.9 Å². The van der Waals surface area contributed by atoms with Crippen LogP contribution in [0.25, 0.3) is 22.5 Å². The number of benzene rings is 4. The number of primary amides is 1. The molecule has 358 valence electrons. The number of carbonyl (C=O) groups excluding carboxylic acids is 3. The van der Waals surface area contributed by atoms with E-state index in [0.717, 1.165) is 28.1 Å². The van der Waals surface area contributed by atoms with E-state index in [2.05, 4.69) is 36.6 Å². The first-order valence-corrected chi connectivity index (χ1v) is 22.3. The summed E-state index contributed by atoms with van der Waals surface area (Å²) in [5, 5.41) is 17.5. The minimum absolute atomic E-state index is 0. The number of Topliss-reactive ketones (excluding diaryl/α,β-unsaturated/α-hetero) is 1. The highest BCUT2D eigenvalue weighted by molar-refractivity contribution is 9.09. The van der Waals surface area contributed by atoms with Crippen LogP contribution in [0.5, 0.6) is 5.75 Å². The number of hydrogen-bond acceptors (Lipinski definition) is 11. The third kappa shape index (κ3) is 17.2. The quantitative estimate of drug-likeness (QED) is 0.0361. The maximum absolute atomic E-state index is 13.1. The monoisotopic (exact) mass is 1030 g/mol. The molecule has 2 aromatic heterocycles. The Balaban J connectivity index is 0.000000404. The minimum Gasteiger partial charge on any atom is -0.497 e. The molecule has 21 heteroatoms. The number of alkyl halides is 1. The molecule has 4 aromatic carbocycles. The lowest BCUT2D eigenvalue weighted by atomic mass is 10.1. The number of nitrogens with one attached hydrogen (secondary N) is 1. The van der Waals surface area contributed by atoms with Crippen LogP contribution in [0.15, 0.2) is 115 Å². The van der Waals surface area contributed by atoms with Gasteiger partial charge in [-0.3, -0.25) is 14.4 Å². The minimum atomic E-state index is -3.71. The van der Waals surface area contributed by atoms with Gasteiger partial charge in [-0.05, 0) is 72.5 Å². The number of H-pyrrole nitrogens is 1. The van der Waals surface area contributed by atoms with Gasteiger partial charge >= 0.3 is 11.9 Å². The SMILES string of the molecule is COc1cc(C)c(S(=O)(=O)N(C)CCOCC(=O)N(C)Cc2ccc(-c3cn(C)cn3)cc2)c(C)c1.Cl.NC=O.O=C(O)c1ccc(-c2cnc[nH]2)cc1.O=C(O)c1ccc(C(=O)CBr)cc1. The van der Waals surface area contributed by atoms with Gasteiger partial charge in [-0.15, -0.1) is 12.4 Å². The number of likely N-dealkylation sites (N-methyl/N-ethyl adjacent to an activating group) is 2. The van der Waals surface area contributed by atoms with E-state index in [1.54, 1.807) is 88.2 Å². The summed E-state index contributed by atoms with van der Waals surface area (Å²) >= 11 is 3.03. The molecule has 0 spiro atoms. The zero-order valence-corrected chi connectivity index (χ0v) is 40.8. The fourth-order valence-corrected chi connectivity index (χ4v) is 7.84. The molecule has 18 nitrogen and oxygen atoms in total. The van der Waals surface area contributed by atoms with Crippen molar-refractivity contribution in [3.63, 3.8) is 0 Å². The molecule has 67 heavy (non-hydrogen) atoms. The number of nitrogens with zero attached hydrogens (tertiary/aromatic N) is 5. The number of methoxy groups -OCH3 is 1. The second kappa shape index (κ2) is 27.7. The van der Waals surface area contributed by atoms with Crippen molar-refractivity contribution >= 4 is 68.4 Å². The van der Waals surface area contributed by atoms with Gasteiger partial charge in [0.25, 0.3) is 0 Å². The molecule has 2 amide bonds. The average molecular weight is 1030 g/mol. The van der Waals surface area contributed by atoms with Crippen molar-refractivity contribution in [2.75, 3.05) is 46.3 Å². The second-order valence-corrected chi connectivity index (χ2v) is 16.8. The number of aromatic amines is 1. The predicted octanol–water partition coefficient (Wildman–Crippen LogP) is 6.27. The summed E-state index contributed by atoms with van der Waals surface area (Å²) < 4.78 is 40.0. The number of rotatable bonds is 16. The zero-order valence-electron chi connectivity index (χ0n) is 37.6. The first kappa shape index (κ1) is 56.4. The van der Waals surface area contributed by atoms with Crippen LogP contribution in [-0.2, 0) is 37.9 Å². The Hall–Kier alpha value is -6.71. The highest BCUT2D eigenvalue weighted by Crippen LogP contribution is 2.28. The summed E-state index contributed by atoms with van der Waals surface area (Å²) in [6.45, 7) is 4.02. The number of carbonyl (C=O) groups is 5. The van der Waals surface area contributed by atoms with E-state index in [1.165, 1.54) is 35.6 Å². The van der Waals surface area contributed by atoms with Crippen LogP contribution in [0, 0.1) is 13.8 Å². The average Bonchev–Trinajstić information content (AvgIpc) is 4.01. The Morgan fingerprint density at radius 2 is 1.40 bits per heavy atom. The topological polar surface area (TPSA) is 257 Å². The summed E-state index contributed by atoms with van der Waals surface area (Å²) in [5.74, 6) is -1.53. The maximum atomic E-state index is 13.1. The Kier molecular flexibility index (Phi) is 23.3. The fourth-order valence-electron chi connectivity index (χ4n) is 5.96. The Labute approximate surface area is 403 Å². The molecule has 0 aliphatic heterocycles. The van der Waals surface area contributed by atoms with Crippen LogP contribution in [0.3, 0.4) is 0 Å². The van der Waals surface area contributed by atoms with Crippen LogP contribution in [-0.4, -0.2) is 124 Å². The summed E-state index contributed by atoms with van der Waals surface area (Å²) in [6, 6.07) is 23.8. The highest BCUT2D eigenvalue weighted by atomic mass is 79.9. The van der Waals surface area contributed by atoms with Crippen molar-refractivity contribution in [3.05, 3.63) is 143 Å². The van der Waals surface area contributed by atoms with Crippen molar-refractivity contribution in [1.82, 2.24) is 28.7 Å². The smallest absolute Gasteiger partial charge is 0.335 e. The lowest BCUT2D eigenvalue weighted by Crippen LogP contribution is -2.33. The number of carboxylic acid groups (broad SMARTS) is 2. The molecule has 6 aromatic rings. The number of aryl methyl sites for hydroxylation is 3. The summed E-state index contributed by atoms with van der Waals surface area (Å²) in [5.41, 5.74) is 11.1. The van der Waals surface area contributed by atoms with Gasteiger partial charge in [-0.2, -0.15) is 4.31 Å². The number of carboxylic acids is 2. The van der Waals surface area contributed by atoms with Gasteiger partial charge in [0.2, 0.25) is 22.3 Å². The fraction of sp³-hybridized carbons (Fsp3) is 0.239. The van der Waals surface area contributed by atoms with Crippen molar-refractivity contribution < 1.29 is 52.1 Å². The summed E-state index contributed by atoms with van der Waals surface area (Å²) in [6.07, 6.45) is 7.23. The number of halogens is 2. The highest BCUT2D eigenvalue weighted by Gasteiger charge is 2.25. The van der Waals surface area contributed by atoms with Crippen molar-refractivity contribution in [2.24, 2.45) is 12.8 Å². The lowest BCUT2D eigenvalue weighted by Gasteiger charge is -2.21. The van der Waals surface area contributed by atoms with Gasteiger partial charge in [0.15, 0.2) is 5.78 Å². The number of nitrogens with two attached hydrogens (primary N) is 1. The molecule has 0 bridgehead atoms. The molecule has 0 aliphatic rings. The molecule has 5 N–H and O–H groups in total. The molecule has 0 unspecified atom stereocenters. The van der Waals surface area contributed by atoms with Crippen LogP contribution in [0.1, 0.15) is 47.8 Å². The summed E-state index contributed by atoms with van der Waals surface area (Å²) in [7, 11) is 2.98. The number of imidazole rings is 2. The molecular weight excluding hydrogens is 974 g/mol. The van der Waals surface area contributed by atoms with Crippen molar-refractivity contribution in [1.29, 1.82) is 0 Å². The van der Waals surface area contributed by atoms with Crippen molar-refractivity contribution in [3.8, 4) is 28.3 Å². The van der Waals surface area contributed by atoms with Crippen molar-refractivity contribution in [2.45, 2.75) is 25.3 Å². The number of ketones is 1. The normalized spacial score (nSPS) is 10.4. The molecule has 2 heterocycles. The molecular formula is C46H53BrClN7O11S. The summed E-state index contributed by atoms with van der Waals surface area (Å²) in [4.78, 5) is 66.2. The molecule has 0 saturated carbocycles. The van der Waals surface area contributed by atoms with E-state index in [-0.39, 0.29) is 71.6 Å². The number of amides is 2. The zero-order chi connectivity index (χ0) is 49.0. The van der Waals surface area contributed by atoms with Crippen LogP contribution >= 0.6 is 28.3 Å².